The fourth-order valence-corrected chi connectivity index (χ4v) is 1.67. The Morgan fingerprint density at radius 1 is 0.941 bits per heavy atom. The third-order valence-electron chi connectivity index (χ3n) is 2.31. The molecular weight excluding hydrogens is 276 g/mol. The van der Waals surface area contributed by atoms with Crippen LogP contribution in [0.15, 0.2) is 59.1 Å². The molecule has 0 aliphatic rings. The first kappa shape index (κ1) is 11.9. The van der Waals surface area contributed by atoms with E-state index >= 15 is 0 Å². The molecule has 0 aromatic heterocycles. The first-order chi connectivity index (χ1) is 8.25. The molecule has 0 aliphatic carbocycles. The Kier molecular flexibility index (Phi) is 3.98. The Hall–Kier alpha value is -1.56. The van der Waals surface area contributed by atoms with Gasteiger partial charge < -0.3 is 5.11 Å². The minimum absolute atomic E-state index is 0.736. The molecule has 2 heteroatoms. The van der Waals surface area contributed by atoms with Crippen molar-refractivity contribution in [1.29, 1.82) is 0 Å². The monoisotopic (exact) mass is 286 g/mol. The van der Waals surface area contributed by atoms with Crippen LogP contribution in [-0.2, 0) is 0 Å². The van der Waals surface area contributed by atoms with Crippen LogP contribution in [0.2, 0.25) is 0 Å². The maximum absolute atomic E-state index is 9.85. The molecule has 0 amide bonds. The summed E-state index contributed by atoms with van der Waals surface area (Å²) in [6.07, 6.45) is -0.736. The van der Waals surface area contributed by atoms with Crippen molar-refractivity contribution in [3.8, 4) is 11.8 Å². The second-order valence-electron chi connectivity index (χ2n) is 3.59. The van der Waals surface area contributed by atoms with Crippen molar-refractivity contribution < 1.29 is 5.11 Å². The van der Waals surface area contributed by atoms with Crippen LogP contribution in [0.25, 0.3) is 0 Å². The predicted octanol–water partition coefficient (Wildman–Crippen LogP) is 3.53. The summed E-state index contributed by atoms with van der Waals surface area (Å²) in [6, 6.07) is 17.1. The van der Waals surface area contributed by atoms with E-state index in [9.17, 15) is 5.11 Å². The van der Waals surface area contributed by atoms with E-state index in [1.54, 1.807) is 0 Å². The smallest absolute Gasteiger partial charge is 0.140 e. The van der Waals surface area contributed by atoms with Gasteiger partial charge in [0.05, 0.1) is 0 Å². The lowest BCUT2D eigenvalue weighted by Gasteiger charge is -2.01. The molecule has 0 fully saturated rings. The molecular formula is C15H11BrO. The molecule has 0 bridgehead atoms. The first-order valence-electron chi connectivity index (χ1n) is 5.26. The molecule has 0 saturated carbocycles. The lowest BCUT2D eigenvalue weighted by molar-refractivity contribution is 0.238. The molecule has 0 radical (unpaired) electrons. The molecule has 0 heterocycles. The average molecular weight is 287 g/mol. The van der Waals surface area contributed by atoms with Crippen LogP contribution in [0.3, 0.4) is 0 Å². The van der Waals surface area contributed by atoms with Gasteiger partial charge in [0.2, 0.25) is 0 Å². The molecule has 1 unspecified atom stereocenters. The lowest BCUT2D eigenvalue weighted by Crippen LogP contribution is -1.92. The van der Waals surface area contributed by atoms with Crippen LogP contribution in [0.1, 0.15) is 17.2 Å². The molecule has 1 atom stereocenters. The fraction of sp³-hybridized carbons (Fsp3) is 0.0667. The van der Waals surface area contributed by atoms with E-state index in [4.69, 9.17) is 0 Å². The van der Waals surface area contributed by atoms with E-state index in [1.807, 2.05) is 54.6 Å². The number of rotatable bonds is 1. The maximum atomic E-state index is 9.85. The van der Waals surface area contributed by atoms with Crippen LogP contribution in [-0.4, -0.2) is 5.11 Å². The summed E-state index contributed by atoms with van der Waals surface area (Å²) in [4.78, 5) is 0. The van der Waals surface area contributed by atoms with Crippen LogP contribution < -0.4 is 0 Å². The van der Waals surface area contributed by atoms with E-state index in [2.05, 4.69) is 27.8 Å². The third-order valence-corrected chi connectivity index (χ3v) is 2.84. The number of benzene rings is 2. The Bertz CT molecular complexity index is 535. The van der Waals surface area contributed by atoms with Gasteiger partial charge in [-0.2, -0.15) is 0 Å². The highest BCUT2D eigenvalue weighted by Gasteiger charge is 2.00. The number of halogens is 1. The zero-order valence-electron chi connectivity index (χ0n) is 9.10. The molecule has 17 heavy (non-hydrogen) atoms. The standard InChI is InChI=1S/C15H11BrO/c16-14-9-6-12(7-10-14)8-11-15(17)13-4-2-1-3-5-13/h1-7,9-10,15,17H. The Labute approximate surface area is 109 Å². The molecule has 2 aromatic carbocycles. The van der Waals surface area contributed by atoms with Crippen LogP contribution in [0, 0.1) is 11.8 Å². The van der Waals surface area contributed by atoms with Crippen LogP contribution >= 0.6 is 15.9 Å². The topological polar surface area (TPSA) is 20.2 Å². The minimum atomic E-state index is -0.736. The SMILES string of the molecule is OC(C#Cc1ccc(Br)cc1)c1ccccc1. The summed E-state index contributed by atoms with van der Waals surface area (Å²) in [5.41, 5.74) is 1.71. The van der Waals surface area contributed by atoms with Gasteiger partial charge in [-0.1, -0.05) is 58.1 Å². The zero-order valence-corrected chi connectivity index (χ0v) is 10.7. The van der Waals surface area contributed by atoms with Crippen molar-refractivity contribution >= 4 is 15.9 Å². The summed E-state index contributed by atoms with van der Waals surface area (Å²) in [5, 5.41) is 9.85. The van der Waals surface area contributed by atoms with E-state index in [1.165, 1.54) is 0 Å². The molecule has 0 spiro atoms. The van der Waals surface area contributed by atoms with Gasteiger partial charge in [0.1, 0.15) is 6.10 Å². The van der Waals surface area contributed by atoms with E-state index in [0.29, 0.717) is 0 Å². The fourth-order valence-electron chi connectivity index (χ4n) is 1.40. The van der Waals surface area contributed by atoms with Crippen molar-refractivity contribution in [2.45, 2.75) is 6.10 Å². The van der Waals surface area contributed by atoms with Gasteiger partial charge in [-0.15, -0.1) is 0 Å². The summed E-state index contributed by atoms with van der Waals surface area (Å²) in [7, 11) is 0. The second kappa shape index (κ2) is 5.67. The van der Waals surface area contributed by atoms with E-state index in [0.717, 1.165) is 15.6 Å². The van der Waals surface area contributed by atoms with Crippen molar-refractivity contribution in [1.82, 2.24) is 0 Å². The Morgan fingerprint density at radius 3 is 2.24 bits per heavy atom. The van der Waals surface area contributed by atoms with Gasteiger partial charge in [-0.05, 0) is 29.8 Å². The highest BCUT2D eigenvalue weighted by molar-refractivity contribution is 9.10. The third kappa shape index (κ3) is 3.45. The predicted molar refractivity (Wildman–Crippen MR) is 72.4 cm³/mol. The number of aliphatic hydroxyl groups excluding tert-OH is 1. The molecule has 0 aliphatic heterocycles. The molecule has 2 rings (SSSR count). The Balaban J connectivity index is 2.14. The summed E-state index contributed by atoms with van der Waals surface area (Å²) < 4.78 is 1.02. The first-order valence-corrected chi connectivity index (χ1v) is 6.05. The highest BCUT2D eigenvalue weighted by atomic mass is 79.9. The van der Waals surface area contributed by atoms with Gasteiger partial charge in [-0.3, -0.25) is 0 Å². The molecule has 0 saturated heterocycles. The van der Waals surface area contributed by atoms with Gasteiger partial charge in [0, 0.05) is 10.0 Å². The normalized spacial score (nSPS) is 11.4. The number of aliphatic hydroxyl groups is 1. The Morgan fingerprint density at radius 2 is 1.59 bits per heavy atom. The largest absolute Gasteiger partial charge is 0.376 e. The van der Waals surface area contributed by atoms with E-state index in [-0.39, 0.29) is 0 Å². The minimum Gasteiger partial charge on any atom is -0.376 e. The zero-order chi connectivity index (χ0) is 12.1. The summed E-state index contributed by atoms with van der Waals surface area (Å²) >= 11 is 3.36. The summed E-state index contributed by atoms with van der Waals surface area (Å²) in [5.74, 6) is 5.77. The van der Waals surface area contributed by atoms with Crippen molar-refractivity contribution in [3.05, 3.63) is 70.2 Å². The number of hydrogen-bond acceptors (Lipinski definition) is 1. The van der Waals surface area contributed by atoms with Crippen molar-refractivity contribution in [2.75, 3.05) is 0 Å². The highest BCUT2D eigenvalue weighted by Crippen LogP contribution is 2.12. The van der Waals surface area contributed by atoms with Gasteiger partial charge in [-0.25, -0.2) is 0 Å². The second-order valence-corrected chi connectivity index (χ2v) is 4.51. The van der Waals surface area contributed by atoms with Crippen LogP contribution in [0.4, 0.5) is 0 Å². The molecule has 1 nitrogen and oxygen atoms in total. The molecule has 84 valence electrons. The average Bonchev–Trinajstić information content (AvgIpc) is 2.39. The molecule has 2 aromatic rings. The van der Waals surface area contributed by atoms with Gasteiger partial charge in [0.25, 0.3) is 0 Å². The van der Waals surface area contributed by atoms with Crippen LogP contribution in [0.5, 0.6) is 0 Å². The lowest BCUT2D eigenvalue weighted by atomic mass is 10.1. The van der Waals surface area contributed by atoms with Crippen molar-refractivity contribution in [2.24, 2.45) is 0 Å². The quantitative estimate of drug-likeness (QED) is 0.795. The molecule has 1 N–H and O–H groups in total. The maximum Gasteiger partial charge on any atom is 0.140 e. The number of hydrogen-bond donors (Lipinski definition) is 1. The van der Waals surface area contributed by atoms with Gasteiger partial charge in [0.15, 0.2) is 0 Å². The van der Waals surface area contributed by atoms with Gasteiger partial charge >= 0.3 is 0 Å². The summed E-state index contributed by atoms with van der Waals surface area (Å²) in [6.45, 7) is 0. The van der Waals surface area contributed by atoms with Crippen molar-refractivity contribution in [3.63, 3.8) is 0 Å². The van der Waals surface area contributed by atoms with E-state index < -0.39 is 6.10 Å².